The molecule has 2 aliphatic heterocycles. The number of rotatable bonds is 3. The number of allylic oxidation sites excluding steroid dienone is 1. The first kappa shape index (κ1) is 35.5. The van der Waals surface area contributed by atoms with E-state index in [-0.39, 0.29) is 30.9 Å². The first-order valence-corrected chi connectivity index (χ1v) is 18.4. The minimum absolute atomic E-state index is 0. The summed E-state index contributed by atoms with van der Waals surface area (Å²) in [6.07, 6.45) is 0. The molecule has 0 atom stereocenters. The third-order valence-electron chi connectivity index (χ3n) is 11.6. The molecule has 0 N–H and O–H groups in total. The van der Waals surface area contributed by atoms with Gasteiger partial charge in [0.15, 0.2) is 0 Å². The average Bonchev–Trinajstić information content (AvgIpc) is 3.77. The molecule has 0 amide bonds. The summed E-state index contributed by atoms with van der Waals surface area (Å²) in [6, 6.07) is 57.7. The van der Waals surface area contributed by atoms with E-state index in [0.717, 1.165) is 22.4 Å². The molecule has 0 spiro atoms. The predicted molar refractivity (Wildman–Crippen MR) is 221 cm³/mol. The van der Waals surface area contributed by atoms with Gasteiger partial charge in [0.2, 0.25) is 0 Å². The van der Waals surface area contributed by atoms with Gasteiger partial charge in [-0.3, -0.25) is 9.88 Å². The Bertz CT molecular complexity index is 2620. The quantitative estimate of drug-likeness (QED) is 0.130. The van der Waals surface area contributed by atoms with E-state index in [1.807, 2.05) is 18.2 Å². The van der Waals surface area contributed by atoms with Crippen molar-refractivity contribution in [3.63, 3.8) is 0 Å². The van der Waals surface area contributed by atoms with Crippen LogP contribution in [0.15, 0.2) is 157 Å². The zero-order chi connectivity index (χ0) is 36.5. The van der Waals surface area contributed by atoms with Crippen molar-refractivity contribution in [2.45, 2.75) is 52.4 Å². The molecule has 2 aromatic heterocycles. The Morgan fingerprint density at radius 3 is 1.91 bits per heavy atom. The number of pyridine rings is 1. The maximum absolute atomic E-state index is 5.26. The van der Waals surface area contributed by atoms with Crippen LogP contribution in [0.5, 0.6) is 0 Å². The molecular weight excluding hydrogens is 837 g/mol. The number of hydrogen-bond donors (Lipinski definition) is 0. The van der Waals surface area contributed by atoms with Gasteiger partial charge in [-0.2, -0.15) is 24.3 Å². The normalized spacial score (nSPS) is 14.9. The van der Waals surface area contributed by atoms with Gasteiger partial charge >= 0.3 is 0 Å². The minimum atomic E-state index is -0.0959. The Hall–Kier alpha value is -5.48. The van der Waals surface area contributed by atoms with Gasteiger partial charge in [-0.15, -0.1) is 35.7 Å². The van der Waals surface area contributed by atoms with Crippen LogP contribution in [-0.2, 0) is 30.9 Å². The fourth-order valence-electron chi connectivity index (χ4n) is 8.39. The van der Waals surface area contributed by atoms with Crippen molar-refractivity contribution < 1.29 is 20.1 Å². The third kappa shape index (κ3) is 5.25. The minimum Gasteiger partial charge on any atom is -0.336 e. The Morgan fingerprint density at radius 2 is 1.22 bits per heavy atom. The van der Waals surface area contributed by atoms with Gasteiger partial charge in [0.25, 0.3) is 0 Å². The van der Waals surface area contributed by atoms with Crippen molar-refractivity contribution >= 4 is 50.1 Å². The van der Waals surface area contributed by atoms with Crippen LogP contribution >= 0.6 is 0 Å². The Balaban J connectivity index is 0.000000153. The summed E-state index contributed by atoms with van der Waals surface area (Å²) in [7, 11) is 0. The standard InChI is InChI=1S/C27H23N2.C22H19N2.Ir/c1-26(2)21-16-10-15-19-18-13-8-9-14-20(18)25-28-22(17-11-6-5-7-12-17)24(27(26,3)4)29(25)23(19)21;1-17(2)22-23(18-11-5-3-6-12-18)20-15-9-10-16-21(20)24(22)19-13-7-4-8-14-19;/h5-13,15-16H,1-4H3;3-13,15-16H,1-2H3;/q2*-1;. The molecule has 0 saturated heterocycles. The monoisotopic (exact) mass is 879 g/mol. The number of benzene rings is 6. The van der Waals surface area contributed by atoms with Crippen molar-refractivity contribution in [3.05, 3.63) is 180 Å². The van der Waals surface area contributed by atoms with E-state index in [2.05, 4.69) is 195 Å². The molecule has 4 heterocycles. The zero-order valence-corrected chi connectivity index (χ0v) is 33.9. The molecule has 0 saturated carbocycles. The van der Waals surface area contributed by atoms with E-state index in [9.17, 15) is 0 Å². The van der Waals surface area contributed by atoms with E-state index < -0.39 is 0 Å². The molecule has 269 valence electrons. The summed E-state index contributed by atoms with van der Waals surface area (Å²) >= 11 is 0. The number of nitrogens with zero attached hydrogens (tertiary/aromatic N) is 4. The summed E-state index contributed by atoms with van der Waals surface area (Å²) in [6.45, 7) is 13.8. The smallest absolute Gasteiger partial charge is 0.119 e. The van der Waals surface area contributed by atoms with Crippen LogP contribution in [0.2, 0.25) is 0 Å². The third-order valence-corrected chi connectivity index (χ3v) is 11.6. The topological polar surface area (TPSA) is 23.8 Å². The van der Waals surface area contributed by atoms with Crippen molar-refractivity contribution in [2.75, 3.05) is 9.80 Å². The number of para-hydroxylation sites is 5. The van der Waals surface area contributed by atoms with Crippen LogP contribution in [0.25, 0.3) is 38.6 Å². The van der Waals surface area contributed by atoms with E-state index in [1.54, 1.807) is 0 Å². The van der Waals surface area contributed by atoms with Gasteiger partial charge in [0.05, 0.1) is 22.7 Å². The van der Waals surface area contributed by atoms with Gasteiger partial charge in [-0.1, -0.05) is 118 Å². The van der Waals surface area contributed by atoms with Gasteiger partial charge < -0.3 is 9.30 Å². The molecule has 8 aromatic rings. The van der Waals surface area contributed by atoms with Crippen molar-refractivity contribution in [2.24, 2.45) is 0 Å². The molecule has 5 heteroatoms. The number of aromatic nitrogens is 2. The predicted octanol–water partition coefficient (Wildman–Crippen LogP) is 12.7. The average molecular weight is 879 g/mol. The Morgan fingerprint density at radius 1 is 0.593 bits per heavy atom. The number of hydrogen-bond acceptors (Lipinski definition) is 3. The van der Waals surface area contributed by atoms with Crippen LogP contribution in [0.1, 0.15) is 52.8 Å². The molecule has 10 rings (SSSR count). The number of fused-ring (bicyclic) bond motifs is 4. The molecule has 0 bridgehead atoms. The number of anilines is 4. The summed E-state index contributed by atoms with van der Waals surface area (Å²) < 4.78 is 2.43. The second-order valence-corrected chi connectivity index (χ2v) is 15.3. The summed E-state index contributed by atoms with van der Waals surface area (Å²) in [5.74, 6) is 1.17. The molecule has 4 nitrogen and oxygen atoms in total. The van der Waals surface area contributed by atoms with Crippen LogP contribution in [0, 0.1) is 12.1 Å². The van der Waals surface area contributed by atoms with Crippen molar-refractivity contribution in [1.82, 2.24) is 9.38 Å². The van der Waals surface area contributed by atoms with E-state index in [4.69, 9.17) is 4.98 Å². The first-order valence-electron chi connectivity index (χ1n) is 18.4. The Kier molecular flexibility index (Phi) is 8.84. The SMILES string of the molecule is CC(C)=C1N(c2[c-]cccc2)c2ccccc2N1c1ccccc1.CC1(C)c2cccc3c4ccc[c-]c4c4nc(-c5ccccc5)c(n4c23)C1(C)C.[Ir]. The van der Waals surface area contributed by atoms with Crippen molar-refractivity contribution in [1.29, 1.82) is 0 Å². The summed E-state index contributed by atoms with van der Waals surface area (Å²) in [5, 5.41) is 3.60. The molecule has 6 aromatic carbocycles. The molecule has 54 heavy (non-hydrogen) atoms. The van der Waals surface area contributed by atoms with Crippen LogP contribution in [-0.4, -0.2) is 9.38 Å². The number of imidazole rings is 1. The van der Waals surface area contributed by atoms with Gasteiger partial charge in [-0.05, 0) is 54.6 Å². The van der Waals surface area contributed by atoms with E-state index in [1.165, 1.54) is 61.6 Å². The molecule has 0 aliphatic carbocycles. The fraction of sp³-hybridized carbons (Fsp3) is 0.163. The largest absolute Gasteiger partial charge is 0.336 e. The maximum Gasteiger partial charge on any atom is 0.119 e. The van der Waals surface area contributed by atoms with Gasteiger partial charge in [-0.25, -0.2) is 0 Å². The fourth-order valence-corrected chi connectivity index (χ4v) is 8.39. The van der Waals surface area contributed by atoms with Crippen molar-refractivity contribution in [3.8, 4) is 11.3 Å². The van der Waals surface area contributed by atoms with E-state index in [0.29, 0.717) is 0 Å². The van der Waals surface area contributed by atoms with Gasteiger partial charge in [0, 0.05) is 53.4 Å². The molecule has 0 unspecified atom stereocenters. The molecule has 1 radical (unpaired) electrons. The van der Waals surface area contributed by atoms with E-state index >= 15 is 0 Å². The molecule has 0 fully saturated rings. The second-order valence-electron chi connectivity index (χ2n) is 15.3. The molecule has 2 aliphatic rings. The Labute approximate surface area is 331 Å². The van der Waals surface area contributed by atoms with Gasteiger partial charge in [0.1, 0.15) is 5.82 Å². The van der Waals surface area contributed by atoms with Crippen LogP contribution in [0.4, 0.5) is 22.7 Å². The zero-order valence-electron chi connectivity index (χ0n) is 31.5. The van der Waals surface area contributed by atoms with Crippen LogP contribution < -0.4 is 9.80 Å². The summed E-state index contributed by atoms with van der Waals surface area (Å²) in [4.78, 5) is 9.87. The molecular formula is C49H42IrN4-2. The first-order chi connectivity index (χ1) is 25.7. The summed E-state index contributed by atoms with van der Waals surface area (Å²) in [5.41, 5.74) is 13.0. The van der Waals surface area contributed by atoms with Crippen LogP contribution in [0.3, 0.4) is 0 Å². The maximum atomic E-state index is 5.26. The second kappa shape index (κ2) is 13.4.